The highest BCUT2D eigenvalue weighted by Crippen LogP contribution is 2.38. The maximum atomic E-state index is 11.5. The van der Waals surface area contributed by atoms with Crippen LogP contribution >= 0.6 is 0 Å². The van der Waals surface area contributed by atoms with E-state index in [0.717, 1.165) is 0 Å². The Balaban J connectivity index is 1.65. The third kappa shape index (κ3) is 3.43. The van der Waals surface area contributed by atoms with Gasteiger partial charge in [0.1, 0.15) is 12.2 Å². The Kier molecular flexibility index (Phi) is 5.16. The predicted molar refractivity (Wildman–Crippen MR) is 111 cm³/mol. The van der Waals surface area contributed by atoms with E-state index in [1.807, 2.05) is 12.1 Å². The van der Waals surface area contributed by atoms with Gasteiger partial charge < -0.3 is 13.9 Å². The smallest absolute Gasteiger partial charge is 0.308 e. The fourth-order valence-electron chi connectivity index (χ4n) is 4.57. The molecule has 0 saturated carbocycles. The first kappa shape index (κ1) is 19.4. The summed E-state index contributed by atoms with van der Waals surface area (Å²) in [5.74, 6) is -0.152. The van der Waals surface area contributed by atoms with Gasteiger partial charge in [-0.3, -0.25) is 4.79 Å². The molecule has 0 aromatic heterocycles. The first-order valence-electron chi connectivity index (χ1n) is 10.00. The quantitative estimate of drug-likeness (QED) is 0.576. The van der Waals surface area contributed by atoms with Crippen molar-refractivity contribution >= 4 is 24.7 Å². The molecule has 148 valence electrons. The van der Waals surface area contributed by atoms with E-state index in [1.54, 1.807) is 0 Å². The molecule has 0 N–H and O–H groups in total. The molecule has 4 nitrogen and oxygen atoms in total. The minimum absolute atomic E-state index is 0.0373. The van der Waals surface area contributed by atoms with Crippen molar-refractivity contribution in [3.05, 3.63) is 60.7 Å². The van der Waals surface area contributed by atoms with Crippen molar-refractivity contribution in [2.75, 3.05) is 6.61 Å². The van der Waals surface area contributed by atoms with E-state index < -0.39 is 8.32 Å². The molecule has 2 fully saturated rings. The average Bonchev–Trinajstić information content (AvgIpc) is 3.20. The van der Waals surface area contributed by atoms with E-state index in [9.17, 15) is 4.79 Å². The molecule has 0 unspecified atom stereocenters. The van der Waals surface area contributed by atoms with Crippen molar-refractivity contribution in [1.82, 2.24) is 0 Å². The van der Waals surface area contributed by atoms with Gasteiger partial charge in [0.15, 0.2) is 0 Å². The number of hydrogen-bond acceptors (Lipinski definition) is 4. The van der Waals surface area contributed by atoms with Crippen LogP contribution in [0.4, 0.5) is 0 Å². The minimum atomic E-state index is -2.55. The summed E-state index contributed by atoms with van der Waals surface area (Å²) in [5, 5.41) is 2.47. The van der Waals surface area contributed by atoms with Crippen LogP contribution in [0.15, 0.2) is 60.7 Å². The highest BCUT2D eigenvalue weighted by atomic mass is 28.4. The van der Waals surface area contributed by atoms with Gasteiger partial charge in [-0.05, 0) is 15.4 Å². The van der Waals surface area contributed by atoms with Gasteiger partial charge >= 0.3 is 5.97 Å². The SMILES string of the molecule is CC(C)(C)[Si](OC[C@@H]1C[C@H]2OC(=O)C[C@H]2O1)(c1ccccc1)c1ccccc1. The Bertz CT molecular complexity index is 760. The molecule has 0 radical (unpaired) electrons. The van der Waals surface area contributed by atoms with Gasteiger partial charge in [-0.2, -0.15) is 0 Å². The molecule has 2 aliphatic heterocycles. The summed E-state index contributed by atoms with van der Waals surface area (Å²) >= 11 is 0. The normalized spacial score (nSPS) is 24.8. The van der Waals surface area contributed by atoms with Crippen molar-refractivity contribution in [1.29, 1.82) is 0 Å². The average molecular weight is 397 g/mol. The number of carbonyl (C=O) groups is 1. The molecule has 0 amide bonds. The zero-order valence-electron chi connectivity index (χ0n) is 16.8. The van der Waals surface area contributed by atoms with Gasteiger partial charge in [0.25, 0.3) is 8.32 Å². The van der Waals surface area contributed by atoms with E-state index in [0.29, 0.717) is 19.4 Å². The largest absolute Gasteiger partial charge is 0.459 e. The molecule has 2 aromatic carbocycles. The monoisotopic (exact) mass is 396 g/mol. The summed E-state index contributed by atoms with van der Waals surface area (Å²) < 4.78 is 18.4. The number of carbonyl (C=O) groups excluding carboxylic acids is 1. The molecule has 0 aliphatic carbocycles. The van der Waals surface area contributed by atoms with Crippen molar-refractivity contribution in [2.45, 2.75) is 57.0 Å². The Morgan fingerprint density at radius 3 is 2.04 bits per heavy atom. The Hall–Kier alpha value is -1.95. The van der Waals surface area contributed by atoms with Crippen LogP contribution in [0.5, 0.6) is 0 Å². The lowest BCUT2D eigenvalue weighted by atomic mass is 10.1. The third-order valence-electron chi connectivity index (χ3n) is 5.83. The molecule has 3 atom stereocenters. The summed E-state index contributed by atoms with van der Waals surface area (Å²) in [4.78, 5) is 11.5. The molecule has 2 aliphatic rings. The molecule has 0 spiro atoms. The predicted octanol–water partition coefficient (Wildman–Crippen LogP) is 3.04. The molecular weight excluding hydrogens is 368 g/mol. The Morgan fingerprint density at radius 1 is 0.964 bits per heavy atom. The van der Waals surface area contributed by atoms with E-state index in [1.165, 1.54) is 10.4 Å². The highest BCUT2D eigenvalue weighted by Gasteiger charge is 2.51. The molecule has 28 heavy (non-hydrogen) atoms. The number of ether oxygens (including phenoxy) is 2. The van der Waals surface area contributed by atoms with Gasteiger partial charge in [-0.15, -0.1) is 0 Å². The first-order chi connectivity index (χ1) is 13.4. The summed E-state index contributed by atoms with van der Waals surface area (Å²) in [6.45, 7) is 7.32. The summed E-state index contributed by atoms with van der Waals surface area (Å²) in [6, 6.07) is 21.2. The van der Waals surface area contributed by atoms with E-state index in [2.05, 4.69) is 69.3 Å². The van der Waals surface area contributed by atoms with Crippen LogP contribution in [-0.2, 0) is 18.7 Å². The maximum Gasteiger partial charge on any atom is 0.308 e. The fraction of sp³-hybridized carbons (Fsp3) is 0.435. The fourth-order valence-corrected chi connectivity index (χ4v) is 9.16. The standard InChI is InChI=1S/C23H28O4Si/c1-23(2,3)28(18-10-6-4-7-11-18,19-12-8-5-9-13-19)25-16-17-14-20-21(26-17)15-22(24)27-20/h4-13,17,20-21H,14-16H2,1-3H3/t17-,20+,21+/m0/s1. The van der Waals surface area contributed by atoms with Crippen LogP contribution in [-0.4, -0.2) is 39.2 Å². The number of hydrogen-bond donors (Lipinski definition) is 0. The highest BCUT2D eigenvalue weighted by molar-refractivity contribution is 6.99. The Morgan fingerprint density at radius 2 is 1.54 bits per heavy atom. The number of benzene rings is 2. The van der Waals surface area contributed by atoms with Crippen LogP contribution < -0.4 is 10.4 Å². The van der Waals surface area contributed by atoms with Crippen LogP contribution in [0.1, 0.15) is 33.6 Å². The minimum Gasteiger partial charge on any atom is -0.459 e. The van der Waals surface area contributed by atoms with E-state index in [4.69, 9.17) is 13.9 Å². The van der Waals surface area contributed by atoms with Gasteiger partial charge in [0.05, 0.1) is 19.1 Å². The van der Waals surface area contributed by atoms with Crippen molar-refractivity contribution < 1.29 is 18.7 Å². The maximum absolute atomic E-state index is 11.5. The third-order valence-corrected chi connectivity index (χ3v) is 10.8. The first-order valence-corrected chi connectivity index (χ1v) is 11.9. The van der Waals surface area contributed by atoms with Crippen LogP contribution in [0.3, 0.4) is 0 Å². The van der Waals surface area contributed by atoms with Crippen molar-refractivity contribution in [2.24, 2.45) is 0 Å². The number of fused-ring (bicyclic) bond motifs is 1. The molecule has 0 bridgehead atoms. The lowest BCUT2D eigenvalue weighted by Crippen LogP contribution is -2.67. The van der Waals surface area contributed by atoms with Crippen LogP contribution in [0.2, 0.25) is 5.04 Å². The van der Waals surface area contributed by atoms with Crippen LogP contribution in [0.25, 0.3) is 0 Å². The lowest BCUT2D eigenvalue weighted by molar-refractivity contribution is -0.141. The van der Waals surface area contributed by atoms with E-state index >= 15 is 0 Å². The van der Waals surface area contributed by atoms with E-state index in [-0.39, 0.29) is 29.3 Å². The zero-order valence-corrected chi connectivity index (χ0v) is 17.8. The second-order valence-electron chi connectivity index (χ2n) is 8.74. The van der Waals surface area contributed by atoms with Gasteiger partial charge in [0.2, 0.25) is 0 Å². The molecular formula is C23H28O4Si. The summed E-state index contributed by atoms with van der Waals surface area (Å²) in [7, 11) is -2.55. The molecule has 4 rings (SSSR count). The van der Waals surface area contributed by atoms with Crippen molar-refractivity contribution in [3.63, 3.8) is 0 Å². The number of esters is 1. The number of rotatable bonds is 5. The van der Waals surface area contributed by atoms with Gasteiger partial charge in [-0.25, -0.2) is 0 Å². The molecule has 2 saturated heterocycles. The second kappa shape index (κ2) is 7.47. The zero-order chi connectivity index (χ0) is 19.8. The Labute approximate surface area is 167 Å². The summed E-state index contributed by atoms with van der Waals surface area (Å²) in [5.41, 5.74) is 0. The molecule has 2 heterocycles. The lowest BCUT2D eigenvalue weighted by Gasteiger charge is -2.43. The van der Waals surface area contributed by atoms with Crippen molar-refractivity contribution in [3.8, 4) is 0 Å². The summed E-state index contributed by atoms with van der Waals surface area (Å²) in [6.07, 6.45) is 0.819. The van der Waals surface area contributed by atoms with Gasteiger partial charge in [0, 0.05) is 6.42 Å². The van der Waals surface area contributed by atoms with Gasteiger partial charge in [-0.1, -0.05) is 81.4 Å². The molecule has 5 heteroatoms. The molecule has 2 aromatic rings. The second-order valence-corrected chi connectivity index (χ2v) is 13.0. The van der Waals surface area contributed by atoms with Crippen LogP contribution in [0, 0.1) is 0 Å². The topological polar surface area (TPSA) is 44.8 Å².